The second-order valence-corrected chi connectivity index (χ2v) is 4.75. The molecular weight excluding hydrogens is 278 g/mol. The molecule has 4 aromatic rings. The Hall–Kier alpha value is -3.28. The first kappa shape index (κ1) is 12.5. The molecule has 0 aliphatic heterocycles. The number of hydrogen-bond donors (Lipinski definition) is 1. The minimum absolute atomic E-state index is 0.243. The molecule has 3 heterocycles. The molecule has 22 heavy (non-hydrogen) atoms. The van der Waals surface area contributed by atoms with E-state index < -0.39 is 0 Å². The largest absolute Gasteiger partial charge is 0.274 e. The molecule has 1 N–H and O–H groups in total. The van der Waals surface area contributed by atoms with Gasteiger partial charge in [0.1, 0.15) is 5.69 Å². The van der Waals surface area contributed by atoms with Gasteiger partial charge in [0.15, 0.2) is 11.6 Å². The predicted molar refractivity (Wildman–Crippen MR) is 82.7 cm³/mol. The van der Waals surface area contributed by atoms with E-state index in [4.69, 9.17) is 0 Å². The van der Waals surface area contributed by atoms with E-state index in [9.17, 15) is 4.79 Å². The van der Waals surface area contributed by atoms with Crippen LogP contribution in [0.25, 0.3) is 28.4 Å². The lowest BCUT2D eigenvalue weighted by molar-refractivity contribution is 0.908. The van der Waals surface area contributed by atoms with Gasteiger partial charge in [-0.2, -0.15) is 5.10 Å². The van der Waals surface area contributed by atoms with Gasteiger partial charge in [-0.25, -0.2) is 10.1 Å². The number of H-pyrrole nitrogens is 1. The van der Waals surface area contributed by atoms with E-state index in [0.717, 1.165) is 16.7 Å². The third-order valence-corrected chi connectivity index (χ3v) is 3.35. The van der Waals surface area contributed by atoms with E-state index >= 15 is 0 Å². The lowest BCUT2D eigenvalue weighted by Gasteiger charge is -2.06. The number of benzene rings is 1. The van der Waals surface area contributed by atoms with E-state index in [1.54, 1.807) is 12.3 Å². The standard InChI is InChI=1S/C16H11N5O/c22-15-9-8-14(19-20-15)21-13-7-2-1-5-11(13)18-16(21)12-6-3-4-10-17-12/h1-10H,(H,20,22). The van der Waals surface area contributed by atoms with Crippen molar-refractivity contribution in [1.29, 1.82) is 0 Å². The van der Waals surface area contributed by atoms with Crippen LogP contribution in [0.1, 0.15) is 0 Å². The molecule has 0 radical (unpaired) electrons. The third kappa shape index (κ3) is 1.98. The van der Waals surface area contributed by atoms with Gasteiger partial charge < -0.3 is 0 Å². The predicted octanol–water partition coefficient (Wildman–Crippen LogP) is 2.17. The summed E-state index contributed by atoms with van der Waals surface area (Å²) in [4.78, 5) is 20.3. The van der Waals surface area contributed by atoms with Crippen molar-refractivity contribution in [1.82, 2.24) is 24.7 Å². The van der Waals surface area contributed by atoms with E-state index in [1.165, 1.54) is 6.07 Å². The Morgan fingerprint density at radius 1 is 0.955 bits per heavy atom. The van der Waals surface area contributed by atoms with E-state index in [2.05, 4.69) is 20.2 Å². The number of imidazole rings is 1. The SMILES string of the molecule is O=c1ccc(-n2c(-c3ccccn3)nc3ccccc32)n[nH]1. The second-order valence-electron chi connectivity index (χ2n) is 4.75. The monoisotopic (exact) mass is 289 g/mol. The summed E-state index contributed by atoms with van der Waals surface area (Å²) in [6.45, 7) is 0. The molecule has 0 fully saturated rings. The van der Waals surface area contributed by atoms with Gasteiger partial charge in [-0.3, -0.25) is 14.3 Å². The fourth-order valence-corrected chi connectivity index (χ4v) is 2.39. The van der Waals surface area contributed by atoms with Gasteiger partial charge in [-0.1, -0.05) is 18.2 Å². The average molecular weight is 289 g/mol. The summed E-state index contributed by atoms with van der Waals surface area (Å²) in [7, 11) is 0. The van der Waals surface area contributed by atoms with Crippen LogP contribution in [-0.2, 0) is 0 Å². The van der Waals surface area contributed by atoms with Gasteiger partial charge in [-0.15, -0.1) is 0 Å². The molecule has 0 aliphatic rings. The van der Waals surface area contributed by atoms with E-state index in [-0.39, 0.29) is 5.56 Å². The Bertz CT molecular complexity index is 983. The molecule has 4 rings (SSSR count). The number of aromatic nitrogens is 5. The van der Waals surface area contributed by atoms with Crippen molar-refractivity contribution in [3.63, 3.8) is 0 Å². The van der Waals surface area contributed by atoms with Gasteiger partial charge in [0.05, 0.1) is 11.0 Å². The van der Waals surface area contributed by atoms with Crippen molar-refractivity contribution >= 4 is 11.0 Å². The van der Waals surface area contributed by atoms with Crippen LogP contribution >= 0.6 is 0 Å². The average Bonchev–Trinajstić information content (AvgIpc) is 2.96. The molecule has 0 amide bonds. The highest BCUT2D eigenvalue weighted by Crippen LogP contribution is 2.25. The normalized spacial score (nSPS) is 10.9. The number of para-hydroxylation sites is 2. The van der Waals surface area contributed by atoms with Crippen LogP contribution in [0.2, 0.25) is 0 Å². The smallest absolute Gasteiger partial charge is 0.264 e. The molecule has 0 saturated heterocycles. The number of nitrogens with one attached hydrogen (secondary N) is 1. The van der Waals surface area contributed by atoms with Crippen molar-refractivity contribution in [2.45, 2.75) is 0 Å². The quantitative estimate of drug-likeness (QED) is 0.613. The number of aromatic amines is 1. The summed E-state index contributed by atoms with van der Waals surface area (Å²) < 4.78 is 1.88. The van der Waals surface area contributed by atoms with Gasteiger partial charge in [0.2, 0.25) is 0 Å². The highest BCUT2D eigenvalue weighted by molar-refractivity contribution is 5.82. The number of hydrogen-bond acceptors (Lipinski definition) is 4. The van der Waals surface area contributed by atoms with Crippen LogP contribution in [0, 0.1) is 0 Å². The topological polar surface area (TPSA) is 76.5 Å². The maximum Gasteiger partial charge on any atom is 0.264 e. The minimum Gasteiger partial charge on any atom is -0.274 e. The maximum atomic E-state index is 11.3. The van der Waals surface area contributed by atoms with Gasteiger partial charge in [-0.05, 0) is 30.3 Å². The highest BCUT2D eigenvalue weighted by Gasteiger charge is 2.15. The molecule has 6 nitrogen and oxygen atoms in total. The molecule has 0 spiro atoms. The van der Waals surface area contributed by atoms with Gasteiger partial charge in [0, 0.05) is 12.3 Å². The summed E-state index contributed by atoms with van der Waals surface area (Å²) in [5.74, 6) is 1.27. The summed E-state index contributed by atoms with van der Waals surface area (Å²) in [5.41, 5.74) is 2.25. The molecule has 3 aromatic heterocycles. The summed E-state index contributed by atoms with van der Waals surface area (Å²) in [5, 5.41) is 6.57. The van der Waals surface area contributed by atoms with Crippen LogP contribution in [-0.4, -0.2) is 24.7 Å². The van der Waals surface area contributed by atoms with Crippen molar-refractivity contribution < 1.29 is 0 Å². The molecule has 6 heteroatoms. The number of rotatable bonds is 2. The number of nitrogens with zero attached hydrogens (tertiary/aromatic N) is 4. The second kappa shape index (κ2) is 4.92. The number of pyridine rings is 1. The zero-order chi connectivity index (χ0) is 14.9. The Kier molecular flexibility index (Phi) is 2.79. The first-order valence-corrected chi connectivity index (χ1v) is 6.78. The van der Waals surface area contributed by atoms with Crippen molar-refractivity contribution in [3.8, 4) is 17.3 Å². The Balaban J connectivity index is 2.06. The molecule has 1 aromatic carbocycles. The van der Waals surface area contributed by atoms with Crippen molar-refractivity contribution in [2.24, 2.45) is 0 Å². The van der Waals surface area contributed by atoms with Crippen LogP contribution in [0.3, 0.4) is 0 Å². The van der Waals surface area contributed by atoms with Gasteiger partial charge >= 0.3 is 0 Å². The van der Waals surface area contributed by atoms with Crippen LogP contribution < -0.4 is 5.56 Å². The summed E-state index contributed by atoms with van der Waals surface area (Å²) >= 11 is 0. The third-order valence-electron chi connectivity index (χ3n) is 3.35. The fourth-order valence-electron chi connectivity index (χ4n) is 2.39. The van der Waals surface area contributed by atoms with Gasteiger partial charge in [0.25, 0.3) is 5.56 Å². The van der Waals surface area contributed by atoms with E-state index in [1.807, 2.05) is 47.0 Å². The van der Waals surface area contributed by atoms with Crippen molar-refractivity contribution in [2.75, 3.05) is 0 Å². The van der Waals surface area contributed by atoms with Crippen LogP contribution in [0.15, 0.2) is 65.6 Å². The molecule has 0 unspecified atom stereocenters. The zero-order valence-corrected chi connectivity index (χ0v) is 11.5. The Morgan fingerprint density at radius 3 is 2.59 bits per heavy atom. The van der Waals surface area contributed by atoms with Crippen molar-refractivity contribution in [3.05, 3.63) is 71.1 Å². The summed E-state index contributed by atoms with van der Waals surface area (Å²) in [6, 6.07) is 16.5. The van der Waals surface area contributed by atoms with E-state index in [0.29, 0.717) is 11.6 Å². The fraction of sp³-hybridized carbons (Fsp3) is 0. The lowest BCUT2D eigenvalue weighted by atomic mass is 10.3. The molecule has 0 aliphatic carbocycles. The summed E-state index contributed by atoms with van der Waals surface area (Å²) in [6.07, 6.45) is 1.72. The van der Waals surface area contributed by atoms with Crippen LogP contribution in [0.5, 0.6) is 0 Å². The first-order chi connectivity index (χ1) is 10.8. The Morgan fingerprint density at radius 2 is 1.82 bits per heavy atom. The lowest BCUT2D eigenvalue weighted by Crippen LogP contribution is -2.10. The molecule has 0 bridgehead atoms. The minimum atomic E-state index is -0.243. The zero-order valence-electron chi connectivity index (χ0n) is 11.5. The molecular formula is C16H11N5O. The molecule has 0 atom stereocenters. The highest BCUT2D eigenvalue weighted by atomic mass is 16.1. The number of fused-ring (bicyclic) bond motifs is 1. The molecule has 106 valence electrons. The first-order valence-electron chi connectivity index (χ1n) is 6.78. The Labute approximate surface area is 125 Å². The maximum absolute atomic E-state index is 11.3. The van der Waals surface area contributed by atoms with Crippen LogP contribution in [0.4, 0.5) is 0 Å². The molecule has 0 saturated carbocycles.